The van der Waals surface area contributed by atoms with Crippen molar-refractivity contribution >= 4 is 25.2 Å². The Bertz CT molecular complexity index is 848. The first kappa shape index (κ1) is 17.2. The smallest absolute Gasteiger partial charge is 0.203 e. The van der Waals surface area contributed by atoms with E-state index in [4.69, 9.17) is 4.74 Å². The Balaban J connectivity index is 2.20. The number of rotatable bonds is 4. The van der Waals surface area contributed by atoms with Gasteiger partial charge in [0.05, 0.1) is 32.3 Å². The summed E-state index contributed by atoms with van der Waals surface area (Å²) < 4.78 is 5.56. The van der Waals surface area contributed by atoms with E-state index in [-0.39, 0.29) is 5.78 Å². The van der Waals surface area contributed by atoms with E-state index in [2.05, 4.69) is 25.3 Å². The highest BCUT2D eigenvalue weighted by atomic mass is 28.3. The molecule has 0 amide bonds. The molecule has 0 saturated heterocycles. The van der Waals surface area contributed by atoms with Gasteiger partial charge in [-0.1, -0.05) is 67.8 Å². The van der Waals surface area contributed by atoms with E-state index >= 15 is 0 Å². The highest BCUT2D eigenvalue weighted by molar-refractivity contribution is 6.81. The van der Waals surface area contributed by atoms with E-state index in [0.717, 1.165) is 28.4 Å². The van der Waals surface area contributed by atoms with Gasteiger partial charge >= 0.3 is 0 Å². The van der Waals surface area contributed by atoms with Crippen molar-refractivity contribution in [2.75, 3.05) is 12.0 Å². The Labute approximate surface area is 150 Å². The van der Waals surface area contributed by atoms with E-state index in [9.17, 15) is 4.79 Å². The van der Waals surface area contributed by atoms with Crippen LogP contribution in [0.15, 0.2) is 72.1 Å². The molecule has 0 bridgehead atoms. The maximum absolute atomic E-state index is 12.8. The lowest BCUT2D eigenvalue weighted by atomic mass is 10.1. The third-order valence-electron chi connectivity index (χ3n) is 3.97. The molecule has 0 fully saturated rings. The third-order valence-corrected chi connectivity index (χ3v) is 5.11. The number of ether oxygens (including phenoxy) is 1. The van der Waals surface area contributed by atoms with Gasteiger partial charge in [0.25, 0.3) is 0 Å². The molecule has 0 aromatic heterocycles. The zero-order chi connectivity index (χ0) is 18.0. The average Bonchev–Trinajstić information content (AvgIpc) is 2.90. The monoisotopic (exact) mass is 349 g/mol. The number of hydrogen-bond acceptors (Lipinski definition) is 3. The molecule has 1 aliphatic rings. The van der Waals surface area contributed by atoms with Crippen LogP contribution in [-0.4, -0.2) is 21.0 Å². The Morgan fingerprint density at radius 2 is 1.60 bits per heavy atom. The number of ketones is 1. The second-order valence-electron chi connectivity index (χ2n) is 7.16. The van der Waals surface area contributed by atoms with E-state index in [0.29, 0.717) is 0 Å². The van der Waals surface area contributed by atoms with Crippen LogP contribution < -0.4 is 9.64 Å². The number of carbonyl (C=O) groups is 1. The lowest BCUT2D eigenvalue weighted by Crippen LogP contribution is -2.25. The van der Waals surface area contributed by atoms with Gasteiger partial charge in [0.2, 0.25) is 5.78 Å². The first-order chi connectivity index (χ1) is 11.9. The van der Waals surface area contributed by atoms with E-state index < -0.39 is 8.07 Å². The summed E-state index contributed by atoms with van der Waals surface area (Å²) in [6, 6.07) is 17.8. The molecule has 0 N–H and O–H groups in total. The molecule has 2 aromatic rings. The highest BCUT2D eigenvalue weighted by Gasteiger charge is 2.32. The molecule has 1 aliphatic heterocycles. The van der Waals surface area contributed by atoms with Crippen LogP contribution in [0.5, 0.6) is 5.75 Å². The van der Waals surface area contributed by atoms with Crippen LogP contribution in [0.2, 0.25) is 19.6 Å². The van der Waals surface area contributed by atoms with Gasteiger partial charge in [-0.15, -0.1) is 0 Å². The SMILES string of the molecule is COc1ccccc1N1C(c2ccccc2)=CC(=O)/C1=C\[Si](C)(C)C. The summed E-state index contributed by atoms with van der Waals surface area (Å²) in [5.74, 6) is 0.799. The Morgan fingerprint density at radius 3 is 2.24 bits per heavy atom. The second kappa shape index (κ2) is 6.73. The number of methoxy groups -OCH3 is 1. The highest BCUT2D eigenvalue weighted by Crippen LogP contribution is 2.40. The topological polar surface area (TPSA) is 29.5 Å². The fourth-order valence-electron chi connectivity index (χ4n) is 2.94. The van der Waals surface area contributed by atoms with Gasteiger partial charge in [-0.2, -0.15) is 0 Å². The molecule has 3 rings (SSSR count). The minimum absolute atomic E-state index is 0.0483. The summed E-state index contributed by atoms with van der Waals surface area (Å²) >= 11 is 0. The Kier molecular flexibility index (Phi) is 4.64. The number of benzene rings is 2. The van der Waals surface area contributed by atoms with Gasteiger partial charge in [-0.05, 0) is 17.7 Å². The minimum atomic E-state index is -1.60. The summed E-state index contributed by atoms with van der Waals surface area (Å²) in [5, 5.41) is 0. The fraction of sp³-hybridized carbons (Fsp3) is 0.190. The summed E-state index contributed by atoms with van der Waals surface area (Å²) in [6.45, 7) is 6.69. The van der Waals surface area contributed by atoms with Gasteiger partial charge in [0.1, 0.15) is 5.75 Å². The van der Waals surface area contributed by atoms with Crippen LogP contribution in [-0.2, 0) is 4.79 Å². The average molecular weight is 350 g/mol. The van der Waals surface area contributed by atoms with Crippen LogP contribution >= 0.6 is 0 Å². The van der Waals surface area contributed by atoms with E-state index in [1.54, 1.807) is 13.2 Å². The summed E-state index contributed by atoms with van der Waals surface area (Å²) in [6.07, 6.45) is 1.73. The Morgan fingerprint density at radius 1 is 0.960 bits per heavy atom. The number of anilines is 1. The minimum Gasteiger partial charge on any atom is -0.495 e. The normalized spacial score (nSPS) is 16.3. The van der Waals surface area contributed by atoms with Gasteiger partial charge in [-0.25, -0.2) is 0 Å². The zero-order valence-corrected chi connectivity index (χ0v) is 16.1. The maximum Gasteiger partial charge on any atom is 0.203 e. The van der Waals surface area contributed by atoms with Gasteiger partial charge in [-0.3, -0.25) is 4.79 Å². The molecule has 0 spiro atoms. The lowest BCUT2D eigenvalue weighted by Gasteiger charge is -2.27. The van der Waals surface area contributed by atoms with Gasteiger partial charge in [0.15, 0.2) is 0 Å². The third kappa shape index (κ3) is 3.59. The van der Waals surface area contributed by atoms with Crippen molar-refractivity contribution in [1.29, 1.82) is 0 Å². The van der Waals surface area contributed by atoms with Crippen molar-refractivity contribution in [2.24, 2.45) is 0 Å². The van der Waals surface area contributed by atoms with E-state index in [1.807, 2.05) is 59.5 Å². The standard InChI is InChI=1S/C21H23NO2Si/c1-24-21-13-9-8-12-17(21)22-18(16-10-6-5-7-11-16)14-20(23)19(22)15-25(2,3)4/h5-15H,1-4H3/b19-15+. The quantitative estimate of drug-likeness (QED) is 0.581. The van der Waals surface area contributed by atoms with Crippen molar-refractivity contribution in [1.82, 2.24) is 0 Å². The molecule has 1 heterocycles. The fourth-order valence-corrected chi connectivity index (χ4v) is 4.04. The number of nitrogens with zero attached hydrogens (tertiary/aromatic N) is 1. The molecule has 0 unspecified atom stereocenters. The summed E-state index contributed by atoms with van der Waals surface area (Å²) in [7, 11) is 0.0617. The van der Waals surface area contributed by atoms with Crippen LogP contribution in [0.3, 0.4) is 0 Å². The van der Waals surface area contributed by atoms with Gasteiger partial charge < -0.3 is 9.64 Å². The largest absolute Gasteiger partial charge is 0.495 e. The summed E-state index contributed by atoms with van der Waals surface area (Å²) in [5.41, 5.74) is 5.67. The van der Waals surface area contributed by atoms with Crippen molar-refractivity contribution in [3.05, 3.63) is 77.6 Å². The molecule has 25 heavy (non-hydrogen) atoms. The van der Waals surface area contributed by atoms with Crippen molar-refractivity contribution in [3.63, 3.8) is 0 Å². The molecule has 0 saturated carbocycles. The maximum atomic E-state index is 12.8. The van der Waals surface area contributed by atoms with Crippen molar-refractivity contribution in [3.8, 4) is 5.75 Å². The van der Waals surface area contributed by atoms with Crippen molar-refractivity contribution < 1.29 is 9.53 Å². The Hall–Kier alpha value is -2.59. The van der Waals surface area contributed by atoms with Crippen LogP contribution in [0, 0.1) is 0 Å². The number of hydrogen-bond donors (Lipinski definition) is 0. The molecule has 2 aromatic carbocycles. The van der Waals surface area contributed by atoms with Crippen LogP contribution in [0.25, 0.3) is 5.70 Å². The van der Waals surface area contributed by atoms with Crippen molar-refractivity contribution in [2.45, 2.75) is 19.6 Å². The number of carbonyl (C=O) groups excluding carboxylic acids is 1. The molecule has 128 valence electrons. The first-order valence-electron chi connectivity index (χ1n) is 8.38. The second-order valence-corrected chi connectivity index (χ2v) is 12.2. The van der Waals surface area contributed by atoms with E-state index in [1.165, 1.54) is 0 Å². The lowest BCUT2D eigenvalue weighted by molar-refractivity contribution is -0.111. The number of para-hydroxylation sites is 2. The first-order valence-corrected chi connectivity index (χ1v) is 12.0. The van der Waals surface area contributed by atoms with Crippen LogP contribution in [0.4, 0.5) is 5.69 Å². The molecular formula is C21H23NO2Si. The zero-order valence-electron chi connectivity index (χ0n) is 15.1. The molecule has 0 aliphatic carbocycles. The molecule has 4 heteroatoms. The molecule has 3 nitrogen and oxygen atoms in total. The predicted octanol–water partition coefficient (Wildman–Crippen LogP) is 4.89. The molecule has 0 radical (unpaired) electrons. The number of allylic oxidation sites excluding steroid dienone is 1. The van der Waals surface area contributed by atoms with Crippen LogP contribution in [0.1, 0.15) is 5.56 Å². The predicted molar refractivity (Wildman–Crippen MR) is 106 cm³/mol. The summed E-state index contributed by atoms with van der Waals surface area (Å²) in [4.78, 5) is 14.9. The molecular weight excluding hydrogens is 326 g/mol. The molecule has 0 atom stereocenters. The van der Waals surface area contributed by atoms with Gasteiger partial charge in [0, 0.05) is 6.08 Å².